The maximum atomic E-state index is 3.94. The fourth-order valence-corrected chi connectivity index (χ4v) is 4.97. The van der Waals surface area contributed by atoms with Gasteiger partial charge in [-0.2, -0.15) is 0 Å². The van der Waals surface area contributed by atoms with Crippen LogP contribution in [0, 0.1) is 5.41 Å². The van der Waals surface area contributed by atoms with Gasteiger partial charge in [-0.1, -0.05) is 32.4 Å². The van der Waals surface area contributed by atoms with Gasteiger partial charge >= 0.3 is 0 Å². The number of rotatable bonds is 4. The normalized spacial score (nSPS) is 22.2. The number of thiophene rings is 2. The van der Waals surface area contributed by atoms with Gasteiger partial charge in [-0.25, -0.2) is 0 Å². The lowest BCUT2D eigenvalue weighted by molar-refractivity contribution is 0.193. The molecule has 0 aliphatic heterocycles. The Balaban J connectivity index is 1.77. The lowest BCUT2D eigenvalue weighted by Gasteiger charge is -2.37. The summed E-state index contributed by atoms with van der Waals surface area (Å²) in [6, 6.07) is 9.87. The Morgan fingerprint density at radius 1 is 1.15 bits per heavy atom. The first kappa shape index (κ1) is 14.3. The van der Waals surface area contributed by atoms with Crippen LogP contribution in [0.1, 0.15) is 55.3 Å². The van der Waals surface area contributed by atoms with E-state index >= 15 is 0 Å². The van der Waals surface area contributed by atoms with Crippen molar-refractivity contribution in [2.75, 3.05) is 0 Å². The molecule has 1 nitrogen and oxygen atoms in total. The summed E-state index contributed by atoms with van der Waals surface area (Å²) < 4.78 is 0. The van der Waals surface area contributed by atoms with E-state index in [1.54, 1.807) is 0 Å². The molecular weight excluding hydrogens is 282 g/mol. The van der Waals surface area contributed by atoms with Crippen LogP contribution in [0.25, 0.3) is 0 Å². The molecule has 1 aliphatic rings. The van der Waals surface area contributed by atoms with E-state index in [2.05, 4.69) is 54.2 Å². The zero-order chi connectivity index (χ0) is 14.0. The van der Waals surface area contributed by atoms with Crippen molar-refractivity contribution in [3.8, 4) is 0 Å². The molecule has 0 amide bonds. The second-order valence-electron chi connectivity index (χ2n) is 6.59. The highest BCUT2D eigenvalue weighted by molar-refractivity contribution is 7.11. The molecule has 0 spiro atoms. The van der Waals surface area contributed by atoms with Crippen molar-refractivity contribution in [1.29, 1.82) is 0 Å². The van der Waals surface area contributed by atoms with Crippen molar-refractivity contribution >= 4 is 22.7 Å². The van der Waals surface area contributed by atoms with Crippen molar-refractivity contribution in [3.63, 3.8) is 0 Å². The molecule has 1 saturated carbocycles. The average molecular weight is 306 g/mol. The highest BCUT2D eigenvalue weighted by Gasteiger charge is 2.30. The van der Waals surface area contributed by atoms with Crippen LogP contribution in [0.4, 0.5) is 0 Å². The summed E-state index contributed by atoms with van der Waals surface area (Å²) in [5.74, 6) is 0. The van der Waals surface area contributed by atoms with E-state index in [1.807, 2.05) is 22.7 Å². The number of hydrogen-bond donors (Lipinski definition) is 1. The van der Waals surface area contributed by atoms with Crippen molar-refractivity contribution in [1.82, 2.24) is 5.32 Å². The molecule has 20 heavy (non-hydrogen) atoms. The van der Waals surface area contributed by atoms with E-state index in [4.69, 9.17) is 0 Å². The molecule has 0 saturated heterocycles. The minimum absolute atomic E-state index is 0.383. The molecule has 1 aliphatic carbocycles. The molecule has 2 aromatic heterocycles. The lowest BCUT2D eigenvalue weighted by atomic mass is 9.75. The van der Waals surface area contributed by atoms with Crippen molar-refractivity contribution < 1.29 is 0 Å². The molecule has 1 atom stereocenters. The monoisotopic (exact) mass is 305 g/mol. The highest BCUT2D eigenvalue weighted by Crippen LogP contribution is 2.37. The predicted molar refractivity (Wildman–Crippen MR) is 89.7 cm³/mol. The lowest BCUT2D eigenvalue weighted by Crippen LogP contribution is -2.39. The van der Waals surface area contributed by atoms with Crippen LogP contribution in [0.15, 0.2) is 35.0 Å². The largest absolute Gasteiger partial charge is 0.302 e. The van der Waals surface area contributed by atoms with Gasteiger partial charge in [-0.3, -0.25) is 0 Å². The standard InChI is InChI=1S/C17H23NS2/c1-17(2)9-3-6-13(12-17)18-16(14-7-4-10-19-14)15-8-5-11-20-15/h4-5,7-8,10-11,13,16,18H,3,6,9,12H2,1-2H3. The third kappa shape index (κ3) is 3.33. The van der Waals surface area contributed by atoms with Crippen LogP contribution >= 0.6 is 22.7 Å². The van der Waals surface area contributed by atoms with E-state index in [1.165, 1.54) is 35.4 Å². The van der Waals surface area contributed by atoms with Gasteiger partial charge in [-0.15, -0.1) is 22.7 Å². The maximum Gasteiger partial charge on any atom is 0.0766 e. The van der Waals surface area contributed by atoms with Gasteiger partial charge < -0.3 is 5.32 Å². The van der Waals surface area contributed by atoms with E-state index in [9.17, 15) is 0 Å². The fourth-order valence-electron chi connectivity index (χ4n) is 3.29. The minimum atomic E-state index is 0.383. The number of nitrogens with one attached hydrogen (secondary N) is 1. The van der Waals surface area contributed by atoms with Gasteiger partial charge in [0.15, 0.2) is 0 Å². The van der Waals surface area contributed by atoms with Crippen molar-refractivity contribution in [2.24, 2.45) is 5.41 Å². The Kier molecular flexibility index (Phi) is 4.29. The Bertz CT molecular complexity index is 479. The van der Waals surface area contributed by atoms with Crippen LogP contribution in [-0.4, -0.2) is 6.04 Å². The van der Waals surface area contributed by atoms with E-state index in [0.29, 0.717) is 17.5 Å². The first-order valence-corrected chi connectivity index (χ1v) is 9.23. The second kappa shape index (κ2) is 6.00. The molecule has 1 fully saturated rings. The molecule has 1 N–H and O–H groups in total. The van der Waals surface area contributed by atoms with Gasteiger partial charge in [0.25, 0.3) is 0 Å². The molecule has 108 valence electrons. The summed E-state index contributed by atoms with van der Waals surface area (Å²) in [7, 11) is 0. The molecule has 3 heteroatoms. The van der Waals surface area contributed by atoms with E-state index < -0.39 is 0 Å². The third-order valence-corrected chi connectivity index (χ3v) is 6.14. The Morgan fingerprint density at radius 2 is 1.80 bits per heavy atom. The van der Waals surface area contributed by atoms with Gasteiger partial charge in [-0.05, 0) is 47.6 Å². The average Bonchev–Trinajstić information content (AvgIpc) is 3.08. The molecule has 1 unspecified atom stereocenters. The smallest absolute Gasteiger partial charge is 0.0766 e. The van der Waals surface area contributed by atoms with Gasteiger partial charge in [0, 0.05) is 15.8 Å². The van der Waals surface area contributed by atoms with Gasteiger partial charge in [0.1, 0.15) is 0 Å². The summed E-state index contributed by atoms with van der Waals surface area (Å²) in [6.07, 6.45) is 5.33. The molecule has 2 aromatic rings. The molecule has 0 aromatic carbocycles. The molecular formula is C17H23NS2. The van der Waals surface area contributed by atoms with Crippen LogP contribution in [-0.2, 0) is 0 Å². The minimum Gasteiger partial charge on any atom is -0.302 e. The van der Waals surface area contributed by atoms with Crippen LogP contribution in [0.2, 0.25) is 0 Å². The summed E-state index contributed by atoms with van der Waals surface area (Å²) in [5.41, 5.74) is 0.491. The van der Waals surface area contributed by atoms with Gasteiger partial charge in [0.05, 0.1) is 6.04 Å². The summed E-state index contributed by atoms with van der Waals surface area (Å²) >= 11 is 3.72. The van der Waals surface area contributed by atoms with Crippen molar-refractivity contribution in [3.05, 3.63) is 44.8 Å². The van der Waals surface area contributed by atoms with E-state index in [0.717, 1.165) is 0 Å². The first-order chi connectivity index (χ1) is 9.64. The molecule has 3 rings (SSSR count). The summed E-state index contributed by atoms with van der Waals surface area (Å²) in [5, 5.41) is 8.30. The molecule has 2 heterocycles. The van der Waals surface area contributed by atoms with Crippen LogP contribution in [0.3, 0.4) is 0 Å². The summed E-state index contributed by atoms with van der Waals surface area (Å²) in [4.78, 5) is 2.88. The Labute approximate surface area is 130 Å². The number of hydrogen-bond acceptors (Lipinski definition) is 3. The zero-order valence-electron chi connectivity index (χ0n) is 12.3. The predicted octanol–water partition coefficient (Wildman–Crippen LogP) is 5.46. The van der Waals surface area contributed by atoms with Crippen molar-refractivity contribution in [2.45, 2.75) is 51.6 Å². The SMILES string of the molecule is CC1(C)CCCC(NC(c2cccs2)c2cccs2)C1. The molecule has 0 bridgehead atoms. The highest BCUT2D eigenvalue weighted by atomic mass is 32.1. The fraction of sp³-hybridized carbons (Fsp3) is 0.529. The maximum absolute atomic E-state index is 3.94. The first-order valence-electron chi connectivity index (χ1n) is 7.47. The topological polar surface area (TPSA) is 12.0 Å². The van der Waals surface area contributed by atoms with Gasteiger partial charge in [0.2, 0.25) is 0 Å². The Morgan fingerprint density at radius 3 is 2.30 bits per heavy atom. The zero-order valence-corrected chi connectivity index (χ0v) is 13.9. The molecule has 0 radical (unpaired) electrons. The Hall–Kier alpha value is -0.640. The van der Waals surface area contributed by atoms with Crippen LogP contribution in [0.5, 0.6) is 0 Å². The third-order valence-electron chi connectivity index (χ3n) is 4.26. The summed E-state index contributed by atoms with van der Waals surface area (Å²) in [6.45, 7) is 4.82. The van der Waals surface area contributed by atoms with E-state index in [-0.39, 0.29) is 0 Å². The quantitative estimate of drug-likeness (QED) is 0.791. The van der Waals surface area contributed by atoms with Crippen LogP contribution < -0.4 is 5.32 Å². The second-order valence-corrected chi connectivity index (χ2v) is 8.55.